The Morgan fingerprint density at radius 3 is 2.59 bits per heavy atom. The summed E-state index contributed by atoms with van der Waals surface area (Å²) in [7, 11) is 0. The van der Waals surface area contributed by atoms with Gasteiger partial charge in [-0.1, -0.05) is 25.4 Å². The molecule has 27 heavy (non-hydrogen) atoms. The molecule has 3 rings (SSSR count). The Kier molecular flexibility index (Phi) is 9.15. The van der Waals surface area contributed by atoms with E-state index in [4.69, 9.17) is 10.3 Å². The maximum atomic E-state index is 12.4. The van der Waals surface area contributed by atoms with Crippen molar-refractivity contribution in [2.75, 3.05) is 0 Å². The van der Waals surface area contributed by atoms with Gasteiger partial charge in [-0.2, -0.15) is 4.98 Å². The molecular formula is C18H27Cl2N5O2. The van der Waals surface area contributed by atoms with Gasteiger partial charge in [0.25, 0.3) is 0 Å². The highest BCUT2D eigenvalue weighted by atomic mass is 35.5. The van der Waals surface area contributed by atoms with Crippen molar-refractivity contribution in [3.05, 3.63) is 30.4 Å². The van der Waals surface area contributed by atoms with Crippen LogP contribution >= 0.6 is 24.8 Å². The number of hydrogen-bond acceptors (Lipinski definition) is 6. The molecule has 1 saturated carbocycles. The van der Waals surface area contributed by atoms with E-state index in [9.17, 15) is 4.79 Å². The Bertz CT molecular complexity index is 711. The van der Waals surface area contributed by atoms with E-state index in [2.05, 4.69) is 20.4 Å². The molecule has 0 radical (unpaired) electrons. The molecule has 2 aromatic heterocycles. The quantitative estimate of drug-likeness (QED) is 0.748. The smallest absolute Gasteiger partial charge is 0.249 e. The minimum atomic E-state index is -0.312. The summed E-state index contributed by atoms with van der Waals surface area (Å²) >= 11 is 0. The summed E-state index contributed by atoms with van der Waals surface area (Å²) in [6.07, 6.45) is 6.94. The lowest BCUT2D eigenvalue weighted by atomic mass is 9.98. The van der Waals surface area contributed by atoms with Crippen LogP contribution in [0.4, 0.5) is 0 Å². The second-order valence-electron chi connectivity index (χ2n) is 7.04. The SMILES string of the molecule is CC(C)C(NC(=O)C[C@@H]1CCC[C@H]1N)c1nc(-c2ccncc2)no1.Cl.Cl. The van der Waals surface area contributed by atoms with Crippen LogP contribution in [0, 0.1) is 11.8 Å². The van der Waals surface area contributed by atoms with Crippen LogP contribution in [-0.2, 0) is 4.79 Å². The normalized spacial score (nSPS) is 19.9. The largest absolute Gasteiger partial charge is 0.344 e. The molecule has 150 valence electrons. The van der Waals surface area contributed by atoms with Gasteiger partial charge >= 0.3 is 0 Å². The first-order chi connectivity index (χ1) is 12.0. The van der Waals surface area contributed by atoms with Crippen molar-refractivity contribution in [3.8, 4) is 11.4 Å². The fraction of sp³-hybridized carbons (Fsp3) is 0.556. The lowest BCUT2D eigenvalue weighted by Gasteiger charge is -2.21. The molecule has 1 amide bonds. The first-order valence-electron chi connectivity index (χ1n) is 8.83. The Labute approximate surface area is 171 Å². The monoisotopic (exact) mass is 415 g/mol. The first-order valence-corrected chi connectivity index (χ1v) is 8.83. The number of nitrogens with one attached hydrogen (secondary N) is 1. The lowest BCUT2D eigenvalue weighted by Crippen LogP contribution is -2.35. The van der Waals surface area contributed by atoms with Crippen molar-refractivity contribution < 1.29 is 9.32 Å². The van der Waals surface area contributed by atoms with Crippen molar-refractivity contribution in [3.63, 3.8) is 0 Å². The van der Waals surface area contributed by atoms with E-state index in [1.165, 1.54) is 0 Å². The van der Waals surface area contributed by atoms with E-state index < -0.39 is 0 Å². The van der Waals surface area contributed by atoms with Crippen LogP contribution in [-0.4, -0.2) is 27.1 Å². The Morgan fingerprint density at radius 1 is 1.30 bits per heavy atom. The molecule has 0 saturated heterocycles. The number of rotatable bonds is 6. The highest BCUT2D eigenvalue weighted by molar-refractivity contribution is 5.85. The summed E-state index contributed by atoms with van der Waals surface area (Å²) in [5.74, 6) is 1.31. The molecule has 0 aliphatic heterocycles. The summed E-state index contributed by atoms with van der Waals surface area (Å²) in [4.78, 5) is 20.9. The maximum Gasteiger partial charge on any atom is 0.249 e. The number of aromatic nitrogens is 3. The summed E-state index contributed by atoms with van der Waals surface area (Å²) < 4.78 is 5.41. The number of nitrogens with two attached hydrogens (primary N) is 1. The zero-order chi connectivity index (χ0) is 17.8. The maximum absolute atomic E-state index is 12.4. The summed E-state index contributed by atoms with van der Waals surface area (Å²) in [6, 6.07) is 3.45. The lowest BCUT2D eigenvalue weighted by molar-refractivity contribution is -0.123. The van der Waals surface area contributed by atoms with Gasteiger partial charge in [0.05, 0.1) is 0 Å². The highest BCUT2D eigenvalue weighted by Gasteiger charge is 2.29. The molecule has 0 spiro atoms. The number of halogens is 2. The second kappa shape index (κ2) is 10.6. The molecule has 3 atom stereocenters. The zero-order valence-electron chi connectivity index (χ0n) is 15.5. The van der Waals surface area contributed by atoms with Gasteiger partial charge < -0.3 is 15.6 Å². The van der Waals surface area contributed by atoms with E-state index in [0.717, 1.165) is 24.8 Å². The molecule has 0 aromatic carbocycles. The number of amides is 1. The number of nitrogens with zero attached hydrogens (tertiary/aromatic N) is 3. The van der Waals surface area contributed by atoms with E-state index in [-0.39, 0.29) is 54.6 Å². The summed E-state index contributed by atoms with van der Waals surface area (Å²) in [5.41, 5.74) is 6.90. The van der Waals surface area contributed by atoms with Crippen molar-refractivity contribution >= 4 is 30.7 Å². The number of carbonyl (C=O) groups excluding carboxylic acids is 1. The first kappa shape index (κ1) is 23.3. The molecule has 1 aliphatic carbocycles. The van der Waals surface area contributed by atoms with Crippen molar-refractivity contribution in [1.29, 1.82) is 0 Å². The van der Waals surface area contributed by atoms with Gasteiger partial charge in [-0.3, -0.25) is 9.78 Å². The van der Waals surface area contributed by atoms with Crippen LogP contribution < -0.4 is 11.1 Å². The van der Waals surface area contributed by atoms with Crippen LogP contribution in [0.15, 0.2) is 29.0 Å². The molecule has 7 nitrogen and oxygen atoms in total. The van der Waals surface area contributed by atoms with Gasteiger partial charge in [0, 0.05) is 30.4 Å². The van der Waals surface area contributed by atoms with Gasteiger partial charge in [-0.15, -0.1) is 24.8 Å². The van der Waals surface area contributed by atoms with Gasteiger partial charge in [0.1, 0.15) is 6.04 Å². The van der Waals surface area contributed by atoms with E-state index in [1.807, 2.05) is 26.0 Å². The third-order valence-electron chi connectivity index (χ3n) is 4.79. The average molecular weight is 416 g/mol. The summed E-state index contributed by atoms with van der Waals surface area (Å²) in [6.45, 7) is 4.03. The van der Waals surface area contributed by atoms with Crippen molar-refractivity contribution in [2.24, 2.45) is 17.6 Å². The molecule has 2 aromatic rings. The van der Waals surface area contributed by atoms with Gasteiger partial charge in [-0.25, -0.2) is 0 Å². The van der Waals surface area contributed by atoms with Crippen LogP contribution in [0.25, 0.3) is 11.4 Å². The number of carbonyl (C=O) groups is 1. The Hall–Kier alpha value is -1.70. The van der Waals surface area contributed by atoms with E-state index in [1.54, 1.807) is 12.4 Å². The minimum absolute atomic E-state index is 0. The molecule has 2 heterocycles. The zero-order valence-corrected chi connectivity index (χ0v) is 17.1. The molecule has 0 bridgehead atoms. The topological polar surface area (TPSA) is 107 Å². The molecule has 1 aliphatic rings. The Morgan fingerprint density at radius 2 is 2.00 bits per heavy atom. The number of hydrogen-bond donors (Lipinski definition) is 2. The molecule has 9 heteroatoms. The van der Waals surface area contributed by atoms with Crippen LogP contribution in [0.2, 0.25) is 0 Å². The molecule has 1 unspecified atom stereocenters. The Balaban J connectivity index is 0.00000182. The summed E-state index contributed by atoms with van der Waals surface area (Å²) in [5, 5.41) is 7.07. The fourth-order valence-corrected chi connectivity index (χ4v) is 3.28. The van der Waals surface area contributed by atoms with Crippen LogP contribution in [0.1, 0.15) is 51.5 Å². The predicted molar refractivity (Wildman–Crippen MR) is 108 cm³/mol. The van der Waals surface area contributed by atoms with Crippen LogP contribution in [0.3, 0.4) is 0 Å². The average Bonchev–Trinajstić information content (AvgIpc) is 3.23. The highest BCUT2D eigenvalue weighted by Crippen LogP contribution is 2.28. The standard InChI is InChI=1S/C18H25N5O2.2ClH/c1-11(2)16(21-15(24)10-13-4-3-5-14(13)19)18-22-17(23-25-18)12-6-8-20-9-7-12;;/h6-9,11,13-14,16H,3-5,10,19H2,1-2H3,(H,21,24);2*1H/t13-,14+,16?;;/m0../s1. The minimum Gasteiger partial charge on any atom is -0.344 e. The third kappa shape index (κ3) is 5.89. The van der Waals surface area contributed by atoms with E-state index in [0.29, 0.717) is 18.1 Å². The van der Waals surface area contributed by atoms with E-state index >= 15 is 0 Å². The predicted octanol–water partition coefficient (Wildman–Crippen LogP) is 3.31. The van der Waals surface area contributed by atoms with Gasteiger partial charge in [0.2, 0.25) is 17.6 Å². The molecule has 3 N–H and O–H groups in total. The van der Waals surface area contributed by atoms with Gasteiger partial charge in [0.15, 0.2) is 0 Å². The van der Waals surface area contributed by atoms with Crippen LogP contribution in [0.5, 0.6) is 0 Å². The van der Waals surface area contributed by atoms with Crippen molar-refractivity contribution in [2.45, 2.75) is 51.6 Å². The van der Waals surface area contributed by atoms with Gasteiger partial charge in [-0.05, 0) is 36.8 Å². The second-order valence-corrected chi connectivity index (χ2v) is 7.04. The molecular weight excluding hydrogens is 389 g/mol. The number of pyridine rings is 1. The third-order valence-corrected chi connectivity index (χ3v) is 4.79. The van der Waals surface area contributed by atoms with Crippen molar-refractivity contribution in [1.82, 2.24) is 20.4 Å². The molecule has 1 fully saturated rings. The fourth-order valence-electron chi connectivity index (χ4n) is 3.28.